The van der Waals surface area contributed by atoms with Gasteiger partial charge in [-0.2, -0.15) is 0 Å². The van der Waals surface area contributed by atoms with Crippen LogP contribution < -0.4 is 4.90 Å². The van der Waals surface area contributed by atoms with Crippen molar-refractivity contribution in [2.75, 3.05) is 4.90 Å². The first-order chi connectivity index (χ1) is 13.1. The van der Waals surface area contributed by atoms with Crippen molar-refractivity contribution in [3.05, 3.63) is 94.8 Å². The molecule has 136 valence electrons. The maximum atomic E-state index is 13.4. The van der Waals surface area contributed by atoms with Crippen molar-refractivity contribution in [1.29, 1.82) is 0 Å². The summed E-state index contributed by atoms with van der Waals surface area (Å²) < 4.78 is 2.05. The van der Waals surface area contributed by atoms with Crippen molar-refractivity contribution in [2.24, 2.45) is 0 Å². The van der Waals surface area contributed by atoms with Crippen LogP contribution in [0, 0.1) is 0 Å². The molecule has 0 saturated carbocycles. The van der Waals surface area contributed by atoms with E-state index >= 15 is 0 Å². The fraction of sp³-hybridized carbons (Fsp3) is 0.136. The largest absolute Gasteiger partial charge is 0.350 e. The highest BCUT2D eigenvalue weighted by Gasteiger charge is 2.39. The summed E-state index contributed by atoms with van der Waals surface area (Å²) in [7, 11) is 0. The van der Waals surface area contributed by atoms with Gasteiger partial charge in [0.2, 0.25) is 5.91 Å². The standard InChI is InChI=1S/C22H18Cl2N2O/c1-2-11-25-12-10-15(14-25)13-17-16-6-3-4-9-20(16)26(22(17)27)21-18(23)7-5-8-19(21)24/h2-10,12,14,17H,1,11,13H2. The average Bonchev–Trinajstić information content (AvgIpc) is 3.20. The van der Waals surface area contributed by atoms with Crippen molar-refractivity contribution in [3.8, 4) is 0 Å². The van der Waals surface area contributed by atoms with Crippen molar-refractivity contribution in [2.45, 2.75) is 18.9 Å². The number of allylic oxidation sites excluding steroid dienone is 1. The molecule has 1 aliphatic rings. The van der Waals surface area contributed by atoms with Gasteiger partial charge in [0.15, 0.2) is 0 Å². The maximum Gasteiger partial charge on any atom is 0.239 e. The SMILES string of the molecule is C=CCn1ccc(CC2C(=O)N(c3c(Cl)cccc3Cl)c3ccccc32)c1. The van der Waals surface area contributed by atoms with Crippen LogP contribution in [0.3, 0.4) is 0 Å². The van der Waals surface area contributed by atoms with Gasteiger partial charge in [-0.15, -0.1) is 6.58 Å². The van der Waals surface area contributed by atoms with E-state index in [2.05, 4.69) is 17.3 Å². The average molecular weight is 397 g/mol. The minimum Gasteiger partial charge on any atom is -0.350 e. The van der Waals surface area contributed by atoms with E-state index in [-0.39, 0.29) is 11.8 Å². The smallest absolute Gasteiger partial charge is 0.239 e. The molecule has 0 radical (unpaired) electrons. The summed E-state index contributed by atoms with van der Waals surface area (Å²) in [5.74, 6) is -0.282. The highest BCUT2D eigenvalue weighted by Crippen LogP contribution is 2.47. The summed E-state index contributed by atoms with van der Waals surface area (Å²) in [4.78, 5) is 15.0. The van der Waals surface area contributed by atoms with E-state index in [1.165, 1.54) is 0 Å². The second kappa shape index (κ2) is 7.26. The molecule has 1 unspecified atom stereocenters. The third-order valence-corrected chi connectivity index (χ3v) is 5.43. The highest BCUT2D eigenvalue weighted by molar-refractivity contribution is 6.40. The van der Waals surface area contributed by atoms with Crippen LogP contribution in [-0.4, -0.2) is 10.5 Å². The molecule has 3 nitrogen and oxygen atoms in total. The Kier molecular flexibility index (Phi) is 4.81. The molecule has 3 aromatic rings. The van der Waals surface area contributed by atoms with Gasteiger partial charge in [-0.1, -0.05) is 53.5 Å². The number of halogens is 2. The Morgan fingerprint density at radius 2 is 1.78 bits per heavy atom. The number of rotatable bonds is 5. The minimum atomic E-state index is -0.270. The van der Waals surface area contributed by atoms with Crippen LogP contribution in [0.5, 0.6) is 0 Å². The van der Waals surface area contributed by atoms with Gasteiger partial charge in [0.25, 0.3) is 0 Å². The van der Waals surface area contributed by atoms with Crippen LogP contribution in [0.1, 0.15) is 17.0 Å². The van der Waals surface area contributed by atoms with Gasteiger partial charge in [-0.3, -0.25) is 9.69 Å². The zero-order valence-corrected chi connectivity index (χ0v) is 16.1. The van der Waals surface area contributed by atoms with Crippen LogP contribution in [0.15, 0.2) is 73.6 Å². The van der Waals surface area contributed by atoms with Gasteiger partial charge >= 0.3 is 0 Å². The number of carbonyl (C=O) groups is 1. The number of anilines is 2. The van der Waals surface area contributed by atoms with E-state index < -0.39 is 0 Å². The predicted molar refractivity (Wildman–Crippen MR) is 111 cm³/mol. The molecule has 0 fully saturated rings. The molecular weight excluding hydrogens is 379 g/mol. The molecule has 4 rings (SSSR count). The van der Waals surface area contributed by atoms with Crippen LogP contribution in [0.4, 0.5) is 11.4 Å². The number of para-hydroxylation sites is 2. The van der Waals surface area contributed by atoms with E-state index in [4.69, 9.17) is 23.2 Å². The van der Waals surface area contributed by atoms with Crippen LogP contribution >= 0.6 is 23.2 Å². The molecule has 0 saturated heterocycles. The number of fused-ring (bicyclic) bond motifs is 1. The van der Waals surface area contributed by atoms with Crippen molar-refractivity contribution < 1.29 is 4.79 Å². The Hall–Kier alpha value is -2.49. The van der Waals surface area contributed by atoms with E-state index in [1.54, 1.807) is 23.1 Å². The number of nitrogens with zero attached hydrogens (tertiary/aromatic N) is 2. The number of hydrogen-bond donors (Lipinski definition) is 0. The van der Waals surface area contributed by atoms with Crippen LogP contribution in [0.25, 0.3) is 0 Å². The van der Waals surface area contributed by atoms with E-state index in [0.717, 1.165) is 23.4 Å². The first-order valence-corrected chi connectivity index (χ1v) is 9.48. The first-order valence-electron chi connectivity index (χ1n) is 8.72. The Balaban J connectivity index is 1.74. The summed E-state index contributed by atoms with van der Waals surface area (Å²) in [5.41, 5.74) is 3.49. The van der Waals surface area contributed by atoms with Crippen molar-refractivity contribution in [3.63, 3.8) is 0 Å². The predicted octanol–water partition coefficient (Wildman–Crippen LogP) is 5.99. The molecule has 27 heavy (non-hydrogen) atoms. The summed E-state index contributed by atoms with van der Waals surface area (Å²) in [5, 5.41) is 0.923. The highest BCUT2D eigenvalue weighted by atomic mass is 35.5. The van der Waals surface area contributed by atoms with E-state index in [0.29, 0.717) is 22.2 Å². The van der Waals surface area contributed by atoms with E-state index in [1.807, 2.05) is 42.6 Å². The molecule has 1 amide bonds. The zero-order valence-electron chi connectivity index (χ0n) is 14.6. The van der Waals surface area contributed by atoms with Crippen molar-refractivity contribution >= 4 is 40.5 Å². The molecular formula is C22H18Cl2N2O. The van der Waals surface area contributed by atoms with Gasteiger partial charge in [0.1, 0.15) is 0 Å². The quantitative estimate of drug-likeness (QED) is 0.486. The molecule has 0 N–H and O–H groups in total. The van der Waals surface area contributed by atoms with Crippen molar-refractivity contribution in [1.82, 2.24) is 4.57 Å². The second-order valence-corrected chi connectivity index (χ2v) is 7.38. The summed E-state index contributed by atoms with van der Waals surface area (Å²) in [6.07, 6.45) is 6.53. The molecule has 2 heterocycles. The van der Waals surface area contributed by atoms with Gasteiger partial charge in [0, 0.05) is 18.9 Å². The minimum absolute atomic E-state index is 0.0114. The van der Waals surface area contributed by atoms with Crippen LogP contribution in [-0.2, 0) is 17.8 Å². The maximum absolute atomic E-state index is 13.4. The molecule has 2 aromatic carbocycles. The Morgan fingerprint density at radius 1 is 1.04 bits per heavy atom. The molecule has 0 spiro atoms. The number of hydrogen-bond acceptors (Lipinski definition) is 1. The molecule has 1 aromatic heterocycles. The molecule has 1 aliphatic heterocycles. The molecule has 5 heteroatoms. The first kappa shape index (κ1) is 17.9. The lowest BCUT2D eigenvalue weighted by molar-refractivity contribution is -0.118. The third kappa shape index (κ3) is 3.18. The second-order valence-electron chi connectivity index (χ2n) is 6.56. The lowest BCUT2D eigenvalue weighted by atomic mass is 9.94. The molecule has 1 atom stereocenters. The Labute approximate surface area is 168 Å². The number of amides is 1. The number of aromatic nitrogens is 1. The topological polar surface area (TPSA) is 25.2 Å². The summed E-state index contributed by atoms with van der Waals surface area (Å²) in [6, 6.07) is 15.2. The Bertz CT molecular complexity index is 1000. The normalized spacial score (nSPS) is 15.9. The fourth-order valence-corrected chi connectivity index (χ4v) is 4.20. The van der Waals surface area contributed by atoms with Gasteiger partial charge < -0.3 is 4.57 Å². The molecule has 0 bridgehead atoms. The fourth-order valence-electron chi connectivity index (χ4n) is 3.63. The van der Waals surface area contributed by atoms with Crippen LogP contribution in [0.2, 0.25) is 10.0 Å². The monoisotopic (exact) mass is 396 g/mol. The zero-order chi connectivity index (χ0) is 19.0. The van der Waals surface area contributed by atoms with Gasteiger partial charge in [-0.25, -0.2) is 0 Å². The molecule has 0 aliphatic carbocycles. The number of benzene rings is 2. The van der Waals surface area contributed by atoms with Gasteiger partial charge in [-0.05, 0) is 41.8 Å². The van der Waals surface area contributed by atoms with E-state index in [9.17, 15) is 4.79 Å². The lowest BCUT2D eigenvalue weighted by Gasteiger charge is -2.21. The Morgan fingerprint density at radius 3 is 2.52 bits per heavy atom. The summed E-state index contributed by atoms with van der Waals surface area (Å²) >= 11 is 12.8. The summed E-state index contributed by atoms with van der Waals surface area (Å²) in [6.45, 7) is 4.51. The van der Waals surface area contributed by atoms with Gasteiger partial charge in [0.05, 0.1) is 27.3 Å². The number of carbonyl (C=O) groups excluding carboxylic acids is 1. The lowest BCUT2D eigenvalue weighted by Crippen LogP contribution is -2.25. The third-order valence-electron chi connectivity index (χ3n) is 4.82.